The summed E-state index contributed by atoms with van der Waals surface area (Å²) >= 11 is 1.77. The second-order valence-corrected chi connectivity index (χ2v) is 4.69. The molecule has 0 saturated carbocycles. The summed E-state index contributed by atoms with van der Waals surface area (Å²) in [6, 6.07) is 0. The van der Waals surface area contributed by atoms with Crippen LogP contribution in [-0.2, 0) is 9.59 Å². The maximum Gasteiger partial charge on any atom is 0.308 e. The van der Waals surface area contributed by atoms with Crippen LogP contribution in [0.2, 0.25) is 0 Å². The van der Waals surface area contributed by atoms with E-state index in [1.54, 1.807) is 18.7 Å². The molecule has 1 fully saturated rings. The smallest absolute Gasteiger partial charge is 0.308 e. The Morgan fingerprint density at radius 1 is 1.64 bits per heavy atom. The van der Waals surface area contributed by atoms with E-state index in [0.717, 1.165) is 17.9 Å². The summed E-state index contributed by atoms with van der Waals surface area (Å²) < 4.78 is 0. The summed E-state index contributed by atoms with van der Waals surface area (Å²) in [4.78, 5) is 21.9. The topological polar surface area (TPSA) is 66.4 Å². The van der Waals surface area contributed by atoms with Crippen LogP contribution in [0.3, 0.4) is 0 Å². The van der Waals surface area contributed by atoms with Gasteiger partial charge in [0.15, 0.2) is 0 Å². The van der Waals surface area contributed by atoms with Crippen LogP contribution in [-0.4, -0.2) is 35.0 Å². The van der Waals surface area contributed by atoms with Gasteiger partial charge in [-0.2, -0.15) is 11.8 Å². The van der Waals surface area contributed by atoms with E-state index in [4.69, 9.17) is 5.11 Å². The standard InChI is InChI=1S/C9H15NO3S/c1-6(9(12)13)4-10-8(11)7-2-3-14-5-7/h6-7H,2-5H2,1H3,(H,10,11)(H,12,13). The first-order valence-electron chi connectivity index (χ1n) is 4.69. The van der Waals surface area contributed by atoms with Gasteiger partial charge in [-0.15, -0.1) is 0 Å². The monoisotopic (exact) mass is 217 g/mol. The Morgan fingerprint density at radius 2 is 2.36 bits per heavy atom. The second-order valence-electron chi connectivity index (χ2n) is 3.54. The Morgan fingerprint density at radius 3 is 2.86 bits per heavy atom. The predicted molar refractivity (Wildman–Crippen MR) is 55.2 cm³/mol. The van der Waals surface area contributed by atoms with Gasteiger partial charge < -0.3 is 10.4 Å². The minimum Gasteiger partial charge on any atom is -0.481 e. The number of hydrogen-bond acceptors (Lipinski definition) is 3. The molecule has 2 unspecified atom stereocenters. The number of aliphatic carboxylic acids is 1. The van der Waals surface area contributed by atoms with Crippen LogP contribution in [0.25, 0.3) is 0 Å². The van der Waals surface area contributed by atoms with Gasteiger partial charge in [0.2, 0.25) is 5.91 Å². The quantitative estimate of drug-likeness (QED) is 0.722. The van der Waals surface area contributed by atoms with Crippen molar-refractivity contribution in [3.05, 3.63) is 0 Å². The van der Waals surface area contributed by atoms with E-state index < -0.39 is 11.9 Å². The third kappa shape index (κ3) is 3.21. The largest absolute Gasteiger partial charge is 0.481 e. The van der Waals surface area contributed by atoms with Crippen molar-refractivity contribution >= 4 is 23.6 Å². The summed E-state index contributed by atoms with van der Waals surface area (Å²) in [7, 11) is 0. The molecule has 0 aromatic rings. The molecule has 0 bridgehead atoms. The summed E-state index contributed by atoms with van der Waals surface area (Å²) in [5.41, 5.74) is 0. The zero-order valence-corrected chi connectivity index (χ0v) is 8.97. The van der Waals surface area contributed by atoms with Crippen molar-refractivity contribution in [1.82, 2.24) is 5.32 Å². The van der Waals surface area contributed by atoms with Crippen molar-refractivity contribution in [2.75, 3.05) is 18.1 Å². The molecule has 0 radical (unpaired) electrons. The minimum absolute atomic E-state index is 0.00287. The zero-order chi connectivity index (χ0) is 10.6. The van der Waals surface area contributed by atoms with Crippen LogP contribution in [0.4, 0.5) is 0 Å². The van der Waals surface area contributed by atoms with Crippen LogP contribution in [0.5, 0.6) is 0 Å². The highest BCUT2D eigenvalue weighted by Gasteiger charge is 2.23. The van der Waals surface area contributed by atoms with Crippen LogP contribution in [0, 0.1) is 11.8 Å². The molecule has 14 heavy (non-hydrogen) atoms. The Hall–Kier alpha value is -0.710. The first-order chi connectivity index (χ1) is 6.61. The highest BCUT2D eigenvalue weighted by molar-refractivity contribution is 7.99. The van der Waals surface area contributed by atoms with Gasteiger partial charge >= 0.3 is 5.97 Å². The number of amides is 1. The van der Waals surface area contributed by atoms with E-state index in [1.807, 2.05) is 0 Å². The molecule has 0 aliphatic carbocycles. The number of nitrogens with one attached hydrogen (secondary N) is 1. The Balaban J connectivity index is 2.23. The molecule has 1 rings (SSSR count). The number of carboxylic acids is 1. The van der Waals surface area contributed by atoms with Gasteiger partial charge in [-0.05, 0) is 12.2 Å². The van der Waals surface area contributed by atoms with Gasteiger partial charge in [-0.25, -0.2) is 0 Å². The highest BCUT2D eigenvalue weighted by atomic mass is 32.2. The first kappa shape index (κ1) is 11.4. The molecule has 5 heteroatoms. The van der Waals surface area contributed by atoms with Crippen molar-refractivity contribution in [2.45, 2.75) is 13.3 Å². The normalized spacial score (nSPS) is 23.1. The van der Waals surface area contributed by atoms with E-state index in [1.165, 1.54) is 0 Å². The molecular formula is C9H15NO3S. The minimum atomic E-state index is -0.869. The van der Waals surface area contributed by atoms with E-state index in [2.05, 4.69) is 5.32 Å². The number of carbonyl (C=O) groups is 2. The second kappa shape index (κ2) is 5.24. The molecule has 2 N–H and O–H groups in total. The molecule has 1 aliphatic rings. The van der Waals surface area contributed by atoms with Gasteiger partial charge in [-0.3, -0.25) is 9.59 Å². The lowest BCUT2D eigenvalue weighted by Crippen LogP contribution is -2.35. The van der Waals surface area contributed by atoms with Gasteiger partial charge in [0.1, 0.15) is 0 Å². The third-order valence-electron chi connectivity index (χ3n) is 2.30. The summed E-state index contributed by atoms with van der Waals surface area (Å²) in [6.45, 7) is 1.82. The highest BCUT2D eigenvalue weighted by Crippen LogP contribution is 2.23. The fraction of sp³-hybridized carbons (Fsp3) is 0.778. The van der Waals surface area contributed by atoms with Crippen molar-refractivity contribution in [3.63, 3.8) is 0 Å². The zero-order valence-electron chi connectivity index (χ0n) is 8.16. The number of rotatable bonds is 4. The maximum absolute atomic E-state index is 11.5. The fourth-order valence-corrected chi connectivity index (χ4v) is 2.45. The van der Waals surface area contributed by atoms with Crippen molar-refractivity contribution in [1.29, 1.82) is 0 Å². The summed E-state index contributed by atoms with van der Waals surface area (Å²) in [5, 5.41) is 11.3. The van der Waals surface area contributed by atoms with Crippen molar-refractivity contribution in [3.8, 4) is 0 Å². The Bertz CT molecular complexity index is 226. The number of carboxylic acid groups (broad SMARTS) is 1. The molecular weight excluding hydrogens is 202 g/mol. The summed E-state index contributed by atoms with van der Waals surface area (Å²) in [5.74, 6) is 0.614. The number of thioether (sulfide) groups is 1. The predicted octanol–water partition coefficient (Wildman–Crippen LogP) is 0.576. The molecule has 1 amide bonds. The van der Waals surface area contributed by atoms with E-state index >= 15 is 0 Å². The molecule has 1 aliphatic heterocycles. The molecule has 4 nitrogen and oxygen atoms in total. The Labute approximate surface area is 87.4 Å². The van der Waals surface area contributed by atoms with Crippen molar-refractivity contribution < 1.29 is 14.7 Å². The lowest BCUT2D eigenvalue weighted by molar-refractivity contribution is -0.141. The number of hydrogen-bond donors (Lipinski definition) is 2. The summed E-state index contributed by atoms with van der Waals surface area (Å²) in [6.07, 6.45) is 0.915. The van der Waals surface area contributed by atoms with Gasteiger partial charge in [0.25, 0.3) is 0 Å². The fourth-order valence-electron chi connectivity index (χ4n) is 1.23. The first-order valence-corrected chi connectivity index (χ1v) is 5.85. The van der Waals surface area contributed by atoms with Gasteiger partial charge in [0.05, 0.1) is 5.92 Å². The molecule has 0 aromatic carbocycles. The molecule has 80 valence electrons. The van der Waals surface area contributed by atoms with Crippen molar-refractivity contribution in [2.24, 2.45) is 11.8 Å². The molecule has 0 spiro atoms. The average Bonchev–Trinajstić information content (AvgIpc) is 2.66. The van der Waals surface area contributed by atoms with Crippen LogP contribution in [0.15, 0.2) is 0 Å². The number of carbonyl (C=O) groups excluding carboxylic acids is 1. The lowest BCUT2D eigenvalue weighted by atomic mass is 10.1. The lowest BCUT2D eigenvalue weighted by Gasteiger charge is -2.11. The molecule has 1 heterocycles. The van der Waals surface area contributed by atoms with Gasteiger partial charge in [0, 0.05) is 18.2 Å². The third-order valence-corrected chi connectivity index (χ3v) is 3.47. The average molecular weight is 217 g/mol. The Kier molecular flexibility index (Phi) is 4.25. The molecule has 2 atom stereocenters. The van der Waals surface area contributed by atoms with Crippen LogP contribution < -0.4 is 5.32 Å². The van der Waals surface area contributed by atoms with Gasteiger partial charge in [-0.1, -0.05) is 6.92 Å². The van der Waals surface area contributed by atoms with Crippen LogP contribution >= 0.6 is 11.8 Å². The SMILES string of the molecule is CC(CNC(=O)C1CCSC1)C(=O)O. The van der Waals surface area contributed by atoms with Crippen LogP contribution in [0.1, 0.15) is 13.3 Å². The molecule has 0 aromatic heterocycles. The molecule has 1 saturated heterocycles. The maximum atomic E-state index is 11.5. The van der Waals surface area contributed by atoms with E-state index in [0.29, 0.717) is 0 Å². The van der Waals surface area contributed by atoms with E-state index in [-0.39, 0.29) is 18.4 Å². The van der Waals surface area contributed by atoms with E-state index in [9.17, 15) is 9.59 Å².